The molecule has 8 heteroatoms. The third-order valence-corrected chi connectivity index (χ3v) is 5.80. The van der Waals surface area contributed by atoms with Gasteiger partial charge in [-0.05, 0) is 56.5 Å². The van der Waals surface area contributed by atoms with E-state index in [0.29, 0.717) is 17.0 Å². The summed E-state index contributed by atoms with van der Waals surface area (Å²) in [6.45, 7) is 2.91. The smallest absolute Gasteiger partial charge is 0.262 e. The minimum Gasteiger partial charge on any atom is -0.374 e. The highest BCUT2D eigenvalue weighted by atomic mass is 16.2. The summed E-state index contributed by atoms with van der Waals surface area (Å²) in [6.07, 6.45) is 2.62. The summed E-state index contributed by atoms with van der Waals surface area (Å²) in [5.74, 6) is -1.36. The van der Waals surface area contributed by atoms with Gasteiger partial charge in [0.25, 0.3) is 11.8 Å². The van der Waals surface area contributed by atoms with Crippen molar-refractivity contribution >= 4 is 29.3 Å². The molecule has 0 radical (unpaired) electrons. The lowest BCUT2D eigenvalue weighted by molar-refractivity contribution is -0.136. The first kappa shape index (κ1) is 18.6. The van der Waals surface area contributed by atoms with E-state index in [2.05, 4.69) is 15.5 Å². The van der Waals surface area contributed by atoms with Gasteiger partial charge >= 0.3 is 0 Å². The van der Waals surface area contributed by atoms with E-state index in [1.54, 1.807) is 12.1 Å². The molecule has 0 spiro atoms. The Balaban J connectivity index is 1.53. The molecule has 1 aromatic rings. The molecule has 3 heterocycles. The highest BCUT2D eigenvalue weighted by Gasteiger charge is 2.44. The number of fused-ring (bicyclic) bond motifs is 1. The quantitative estimate of drug-likeness (QED) is 0.735. The fourth-order valence-electron chi connectivity index (χ4n) is 4.27. The molecule has 148 valence electrons. The van der Waals surface area contributed by atoms with E-state index >= 15 is 0 Å². The molecular formula is C20H24N4O4. The number of nitrogens with one attached hydrogen (secondary N) is 2. The lowest BCUT2D eigenvalue weighted by Gasteiger charge is -2.29. The molecule has 4 rings (SSSR count). The molecule has 4 amide bonds. The third-order valence-electron chi connectivity index (χ3n) is 5.80. The topological polar surface area (TPSA) is 98.8 Å². The Labute approximate surface area is 163 Å². The van der Waals surface area contributed by atoms with Crippen LogP contribution in [-0.2, 0) is 9.59 Å². The number of imide groups is 2. The van der Waals surface area contributed by atoms with Crippen molar-refractivity contribution in [1.29, 1.82) is 0 Å². The molecule has 0 aromatic heterocycles. The standard InChI is InChI=1S/C20H24N4O4/c1-23(11-12-3-2-8-21-10-12)13-4-5-14-15(9-13)20(28)24(19(14)27)16-6-7-17(25)22-18(16)26/h4-5,9,12,16,21H,2-3,6-8,10-11H2,1H3,(H,22,25,26). The molecule has 1 aromatic carbocycles. The molecule has 0 saturated carbocycles. The summed E-state index contributed by atoms with van der Waals surface area (Å²) >= 11 is 0. The molecule has 28 heavy (non-hydrogen) atoms. The van der Waals surface area contributed by atoms with Crippen LogP contribution in [0.3, 0.4) is 0 Å². The zero-order valence-electron chi connectivity index (χ0n) is 15.9. The number of hydrogen-bond acceptors (Lipinski definition) is 6. The molecule has 3 aliphatic rings. The number of anilines is 1. The number of carbonyl (C=O) groups is 4. The minimum atomic E-state index is -0.931. The SMILES string of the molecule is CN(CC1CCCNC1)c1ccc2c(c1)C(=O)N(C1CCC(=O)NC1=O)C2=O. The van der Waals surface area contributed by atoms with Gasteiger partial charge in [0.15, 0.2) is 0 Å². The predicted molar refractivity (Wildman–Crippen MR) is 102 cm³/mol. The van der Waals surface area contributed by atoms with Gasteiger partial charge < -0.3 is 10.2 Å². The van der Waals surface area contributed by atoms with Crippen molar-refractivity contribution < 1.29 is 19.2 Å². The number of piperidine rings is 2. The van der Waals surface area contributed by atoms with Gasteiger partial charge in [-0.25, -0.2) is 0 Å². The molecule has 2 N–H and O–H groups in total. The van der Waals surface area contributed by atoms with Crippen molar-refractivity contribution in [2.24, 2.45) is 5.92 Å². The zero-order chi connectivity index (χ0) is 19.8. The van der Waals surface area contributed by atoms with Gasteiger partial charge in [-0.3, -0.25) is 29.4 Å². The van der Waals surface area contributed by atoms with Crippen LogP contribution in [0.5, 0.6) is 0 Å². The highest BCUT2D eigenvalue weighted by Crippen LogP contribution is 2.30. The normalized spacial score (nSPS) is 25.0. The van der Waals surface area contributed by atoms with Gasteiger partial charge in [0.1, 0.15) is 6.04 Å². The van der Waals surface area contributed by atoms with E-state index in [9.17, 15) is 19.2 Å². The van der Waals surface area contributed by atoms with E-state index in [4.69, 9.17) is 0 Å². The van der Waals surface area contributed by atoms with E-state index in [1.807, 2.05) is 13.1 Å². The van der Waals surface area contributed by atoms with Gasteiger partial charge in [-0.15, -0.1) is 0 Å². The molecule has 8 nitrogen and oxygen atoms in total. The Morgan fingerprint density at radius 2 is 1.89 bits per heavy atom. The van der Waals surface area contributed by atoms with Crippen molar-refractivity contribution in [3.05, 3.63) is 29.3 Å². The van der Waals surface area contributed by atoms with Crippen LogP contribution in [0.15, 0.2) is 18.2 Å². The number of nitrogens with zero attached hydrogens (tertiary/aromatic N) is 2. The van der Waals surface area contributed by atoms with Crippen molar-refractivity contribution in [2.45, 2.75) is 31.7 Å². The second kappa shape index (κ2) is 7.35. The summed E-state index contributed by atoms with van der Waals surface area (Å²) in [4.78, 5) is 52.3. The molecule has 2 unspecified atom stereocenters. The van der Waals surface area contributed by atoms with E-state index in [0.717, 1.165) is 36.6 Å². The fourth-order valence-corrected chi connectivity index (χ4v) is 4.27. The summed E-state index contributed by atoms with van der Waals surface area (Å²) < 4.78 is 0. The summed E-state index contributed by atoms with van der Waals surface area (Å²) in [5, 5.41) is 5.61. The van der Waals surface area contributed by atoms with Crippen LogP contribution in [0.2, 0.25) is 0 Å². The molecule has 0 aliphatic carbocycles. The summed E-state index contributed by atoms with van der Waals surface area (Å²) in [7, 11) is 1.98. The van der Waals surface area contributed by atoms with Crippen LogP contribution in [0.4, 0.5) is 5.69 Å². The molecule has 2 atom stereocenters. The van der Waals surface area contributed by atoms with Gasteiger partial charge in [0.05, 0.1) is 11.1 Å². The largest absolute Gasteiger partial charge is 0.374 e. The first-order valence-electron chi connectivity index (χ1n) is 9.73. The molecule has 0 bridgehead atoms. The minimum absolute atomic E-state index is 0.118. The van der Waals surface area contributed by atoms with E-state index in [-0.39, 0.29) is 18.7 Å². The second-order valence-electron chi connectivity index (χ2n) is 7.77. The van der Waals surface area contributed by atoms with E-state index in [1.165, 1.54) is 6.42 Å². The molecule has 3 aliphatic heterocycles. The maximum Gasteiger partial charge on any atom is 0.262 e. The number of hydrogen-bond donors (Lipinski definition) is 2. The van der Waals surface area contributed by atoms with Gasteiger partial charge in [-0.2, -0.15) is 0 Å². The van der Waals surface area contributed by atoms with Crippen LogP contribution in [0.1, 0.15) is 46.4 Å². The van der Waals surface area contributed by atoms with Crippen molar-refractivity contribution in [2.75, 3.05) is 31.6 Å². The first-order valence-corrected chi connectivity index (χ1v) is 9.73. The molecule has 2 saturated heterocycles. The fraction of sp³-hybridized carbons (Fsp3) is 0.500. The summed E-state index contributed by atoms with van der Waals surface area (Å²) in [5.41, 5.74) is 1.50. The number of carbonyl (C=O) groups excluding carboxylic acids is 4. The predicted octanol–water partition coefficient (Wildman–Crippen LogP) is 0.524. The Bertz CT molecular complexity index is 847. The maximum atomic E-state index is 12.9. The Morgan fingerprint density at radius 3 is 2.61 bits per heavy atom. The van der Waals surface area contributed by atoms with Crippen LogP contribution in [0, 0.1) is 5.92 Å². The van der Waals surface area contributed by atoms with Crippen LogP contribution < -0.4 is 15.5 Å². The molecule has 2 fully saturated rings. The Hall–Kier alpha value is -2.74. The monoisotopic (exact) mass is 384 g/mol. The maximum absolute atomic E-state index is 12.9. The third kappa shape index (κ3) is 3.28. The van der Waals surface area contributed by atoms with Crippen molar-refractivity contribution in [3.8, 4) is 0 Å². The second-order valence-corrected chi connectivity index (χ2v) is 7.77. The highest BCUT2D eigenvalue weighted by molar-refractivity contribution is 6.23. The zero-order valence-corrected chi connectivity index (χ0v) is 15.9. The van der Waals surface area contributed by atoms with Crippen LogP contribution in [-0.4, -0.2) is 61.3 Å². The average Bonchev–Trinajstić information content (AvgIpc) is 2.93. The van der Waals surface area contributed by atoms with Crippen LogP contribution in [0.25, 0.3) is 0 Å². The first-order chi connectivity index (χ1) is 13.5. The molecular weight excluding hydrogens is 360 g/mol. The van der Waals surface area contributed by atoms with Crippen molar-refractivity contribution in [1.82, 2.24) is 15.5 Å². The van der Waals surface area contributed by atoms with Crippen LogP contribution >= 0.6 is 0 Å². The number of amides is 4. The van der Waals surface area contributed by atoms with Gasteiger partial charge in [-0.1, -0.05) is 0 Å². The Kier molecular flexibility index (Phi) is 4.89. The van der Waals surface area contributed by atoms with Gasteiger partial charge in [0, 0.05) is 25.7 Å². The Morgan fingerprint density at radius 1 is 1.11 bits per heavy atom. The summed E-state index contributed by atoms with van der Waals surface area (Å²) in [6, 6.07) is 4.30. The lowest BCUT2D eigenvalue weighted by Crippen LogP contribution is -2.54. The van der Waals surface area contributed by atoms with Gasteiger partial charge in [0.2, 0.25) is 11.8 Å². The average molecular weight is 384 g/mol. The number of benzene rings is 1. The van der Waals surface area contributed by atoms with E-state index < -0.39 is 23.8 Å². The lowest BCUT2D eigenvalue weighted by atomic mass is 9.99. The number of rotatable bonds is 4. The van der Waals surface area contributed by atoms with Crippen molar-refractivity contribution in [3.63, 3.8) is 0 Å².